The van der Waals surface area contributed by atoms with Crippen LogP contribution >= 0.6 is 15.9 Å². The molecule has 40 heavy (non-hydrogen) atoms. The first-order valence-electron chi connectivity index (χ1n) is 12.4. The number of rotatable bonds is 7. The molecule has 1 aliphatic heterocycles. The molecule has 0 aliphatic carbocycles. The molecule has 1 atom stereocenters. The minimum atomic E-state index is -4.20. The van der Waals surface area contributed by atoms with E-state index in [1.807, 2.05) is 44.2 Å². The molecule has 2 aromatic heterocycles. The first-order valence-corrected chi connectivity index (χ1v) is 15.0. The number of halogens is 1. The molecule has 0 spiro atoms. The molecule has 0 saturated carbocycles. The highest BCUT2D eigenvalue weighted by molar-refractivity contribution is 9.08. The van der Waals surface area contributed by atoms with Gasteiger partial charge in [-0.15, -0.1) is 5.10 Å². The maximum Gasteiger partial charge on any atom is 0.289 e. The summed E-state index contributed by atoms with van der Waals surface area (Å²) in [6.07, 6.45) is 0.456. The molecule has 4 aromatic rings. The van der Waals surface area contributed by atoms with Gasteiger partial charge in [-0.05, 0) is 37.5 Å². The first kappa shape index (κ1) is 27.7. The van der Waals surface area contributed by atoms with Gasteiger partial charge in [0.05, 0.1) is 15.8 Å². The van der Waals surface area contributed by atoms with E-state index in [-0.39, 0.29) is 11.4 Å². The third-order valence-corrected chi connectivity index (χ3v) is 10.1. The molecular formula is C27H26BrN7O4S. The van der Waals surface area contributed by atoms with E-state index in [1.165, 1.54) is 35.6 Å². The predicted octanol–water partition coefficient (Wildman–Crippen LogP) is 4.67. The lowest BCUT2D eigenvalue weighted by Gasteiger charge is -2.35. The molecule has 5 rings (SSSR count). The summed E-state index contributed by atoms with van der Waals surface area (Å²) >= 11 is 3.41. The molecule has 1 saturated heterocycles. The number of fused-ring (bicyclic) bond motifs is 1. The Bertz CT molecular complexity index is 1790. The zero-order chi connectivity index (χ0) is 28.8. The topological polar surface area (TPSA) is 138 Å². The maximum atomic E-state index is 13.7. The average Bonchev–Trinajstić information content (AvgIpc) is 3.56. The lowest BCUT2D eigenvalue weighted by atomic mass is 9.97. The number of hydrogen-bond donors (Lipinski definition) is 0. The second-order valence-corrected chi connectivity index (χ2v) is 12.4. The van der Waals surface area contributed by atoms with E-state index in [4.69, 9.17) is 5.10 Å². The van der Waals surface area contributed by atoms with Gasteiger partial charge in [0.1, 0.15) is 17.5 Å². The Morgan fingerprint density at radius 1 is 1.20 bits per heavy atom. The average molecular weight is 625 g/mol. The van der Waals surface area contributed by atoms with Crippen LogP contribution in [0.4, 0.5) is 11.5 Å². The van der Waals surface area contributed by atoms with Crippen molar-refractivity contribution in [3.05, 3.63) is 81.7 Å². The highest BCUT2D eigenvalue weighted by Crippen LogP contribution is 2.42. The van der Waals surface area contributed by atoms with Crippen LogP contribution < -0.4 is 4.90 Å². The van der Waals surface area contributed by atoms with Crippen LogP contribution in [0.3, 0.4) is 0 Å². The number of nitrogens with zero attached hydrogens (tertiary/aromatic N) is 7. The van der Waals surface area contributed by atoms with E-state index in [2.05, 4.69) is 31.9 Å². The van der Waals surface area contributed by atoms with Gasteiger partial charge in [-0.2, -0.15) is 14.1 Å². The fraction of sp³-hybridized carbons (Fsp3) is 0.296. The molecule has 11 nitrogen and oxygen atoms in total. The number of alkyl halides is 1. The van der Waals surface area contributed by atoms with Crippen molar-refractivity contribution >= 4 is 43.1 Å². The van der Waals surface area contributed by atoms with Crippen molar-refractivity contribution in [2.24, 2.45) is 0 Å². The van der Waals surface area contributed by atoms with Crippen molar-refractivity contribution in [2.75, 3.05) is 25.0 Å². The molecule has 0 bridgehead atoms. The van der Waals surface area contributed by atoms with Crippen molar-refractivity contribution in [1.29, 1.82) is 5.26 Å². The number of sulfonamides is 1. The summed E-state index contributed by atoms with van der Waals surface area (Å²) in [5.74, 6) is 1.22. The van der Waals surface area contributed by atoms with E-state index < -0.39 is 26.2 Å². The van der Waals surface area contributed by atoms with Crippen LogP contribution in [0.25, 0.3) is 16.8 Å². The van der Waals surface area contributed by atoms with Crippen LogP contribution in [0.5, 0.6) is 0 Å². The van der Waals surface area contributed by atoms with Crippen molar-refractivity contribution in [3.8, 4) is 17.2 Å². The summed E-state index contributed by atoms with van der Waals surface area (Å²) < 4.78 is 30.3. The van der Waals surface area contributed by atoms with E-state index in [9.17, 15) is 23.8 Å². The lowest BCUT2D eigenvalue weighted by molar-refractivity contribution is -0.387. The van der Waals surface area contributed by atoms with Crippen molar-refractivity contribution in [1.82, 2.24) is 18.9 Å². The second-order valence-electron chi connectivity index (χ2n) is 9.94. The monoisotopic (exact) mass is 623 g/mol. The van der Waals surface area contributed by atoms with E-state index in [1.54, 1.807) is 4.52 Å². The summed E-state index contributed by atoms with van der Waals surface area (Å²) in [7, 11) is -2.74. The summed E-state index contributed by atoms with van der Waals surface area (Å²) in [6.45, 7) is 4.48. The molecule has 13 heteroatoms. The van der Waals surface area contributed by atoms with Gasteiger partial charge in [0.2, 0.25) is 10.0 Å². The third kappa shape index (κ3) is 4.42. The van der Waals surface area contributed by atoms with Gasteiger partial charge in [-0.25, -0.2) is 13.4 Å². The number of nitriles is 1. The van der Waals surface area contributed by atoms with Gasteiger partial charge in [0.25, 0.3) is 5.69 Å². The number of anilines is 1. The van der Waals surface area contributed by atoms with Crippen molar-refractivity contribution in [2.45, 2.75) is 36.0 Å². The Morgan fingerprint density at radius 3 is 2.52 bits per heavy atom. The molecule has 3 heterocycles. The first-order chi connectivity index (χ1) is 19.0. The molecule has 0 radical (unpaired) electrons. The van der Waals surface area contributed by atoms with Crippen LogP contribution in [-0.2, 0) is 15.4 Å². The van der Waals surface area contributed by atoms with Gasteiger partial charge in [-0.1, -0.05) is 58.4 Å². The Labute approximate surface area is 240 Å². The summed E-state index contributed by atoms with van der Waals surface area (Å²) in [5.41, 5.74) is 1.93. The van der Waals surface area contributed by atoms with Crippen LogP contribution in [0.1, 0.15) is 30.3 Å². The smallest absolute Gasteiger partial charge is 0.289 e. The predicted molar refractivity (Wildman–Crippen MR) is 154 cm³/mol. The highest BCUT2D eigenvalue weighted by Gasteiger charge is 2.46. The molecular weight excluding hydrogens is 598 g/mol. The fourth-order valence-electron chi connectivity index (χ4n) is 5.31. The second kappa shape index (κ2) is 10.3. The quantitative estimate of drug-likeness (QED) is 0.164. The molecule has 0 unspecified atom stereocenters. The maximum absolute atomic E-state index is 13.7. The Balaban J connectivity index is 1.65. The molecule has 0 N–H and O–H groups in total. The molecule has 206 valence electrons. The lowest BCUT2D eigenvalue weighted by Crippen LogP contribution is -2.49. The summed E-state index contributed by atoms with van der Waals surface area (Å²) in [5, 5.41) is 26.8. The van der Waals surface area contributed by atoms with E-state index >= 15 is 0 Å². The molecule has 1 fully saturated rings. The number of pyridine rings is 1. The standard InChI is InChI=1S/C27H26BrN7O4S/c1-18-20(16-29)25-30-23(15-28)31-34(25)26(24(18)19-9-5-4-6-10-19)33-14-13-27(2,17-33)32(3)40(38,39)22-12-8-7-11-21(22)35(36)37/h4-12H,13-15,17H2,1-3H3/t27-/m0/s1. The van der Waals surface area contributed by atoms with Crippen molar-refractivity contribution < 1.29 is 13.3 Å². The highest BCUT2D eigenvalue weighted by atomic mass is 79.9. The van der Waals surface area contributed by atoms with Gasteiger partial charge >= 0.3 is 0 Å². The Hall–Kier alpha value is -3.86. The molecule has 2 aromatic carbocycles. The number of para-hydroxylation sites is 1. The number of benzene rings is 2. The zero-order valence-corrected chi connectivity index (χ0v) is 24.5. The largest absolute Gasteiger partial charge is 0.354 e. The van der Waals surface area contributed by atoms with Gasteiger partial charge < -0.3 is 4.90 Å². The van der Waals surface area contributed by atoms with Gasteiger partial charge in [0, 0.05) is 31.8 Å². The normalized spacial score (nSPS) is 17.4. The van der Waals surface area contributed by atoms with Crippen LogP contribution in [0.2, 0.25) is 0 Å². The van der Waals surface area contributed by atoms with Crippen molar-refractivity contribution in [3.63, 3.8) is 0 Å². The molecule has 0 amide bonds. The minimum Gasteiger partial charge on any atom is -0.354 e. The summed E-state index contributed by atoms with van der Waals surface area (Å²) in [6, 6.07) is 17.3. The number of hydrogen-bond acceptors (Lipinski definition) is 8. The fourth-order valence-corrected chi connectivity index (χ4v) is 7.23. The SMILES string of the molecule is Cc1c(-c2ccccc2)c(N2CC[C@](C)(N(C)S(=O)(=O)c3ccccc3[N+](=O)[O-])C2)n2nc(CBr)nc2c1C#N. The summed E-state index contributed by atoms with van der Waals surface area (Å²) in [4.78, 5) is 17.2. The van der Waals surface area contributed by atoms with Gasteiger partial charge in [-0.3, -0.25) is 10.1 Å². The molecule has 1 aliphatic rings. The Morgan fingerprint density at radius 2 is 1.88 bits per heavy atom. The number of likely N-dealkylation sites (N-methyl/N-ethyl adjacent to an activating group) is 1. The van der Waals surface area contributed by atoms with E-state index in [0.29, 0.717) is 41.1 Å². The van der Waals surface area contributed by atoms with Crippen LogP contribution in [0, 0.1) is 28.4 Å². The van der Waals surface area contributed by atoms with E-state index in [0.717, 1.165) is 16.7 Å². The van der Waals surface area contributed by atoms with Crippen LogP contribution in [-0.4, -0.2) is 57.9 Å². The Kier molecular flexibility index (Phi) is 7.11. The minimum absolute atomic E-state index is 0.285. The van der Waals surface area contributed by atoms with Crippen LogP contribution in [0.15, 0.2) is 59.5 Å². The number of nitro benzene ring substituents is 1. The third-order valence-electron chi connectivity index (χ3n) is 7.55. The number of nitro groups is 1. The number of aromatic nitrogens is 3. The zero-order valence-electron chi connectivity index (χ0n) is 22.1. The van der Waals surface area contributed by atoms with Gasteiger partial charge in [0.15, 0.2) is 16.4 Å².